The molecule has 1 fully saturated rings. The van der Waals surface area contributed by atoms with Gasteiger partial charge in [-0.1, -0.05) is 0 Å². The normalized spacial score (nSPS) is 32.5. The SMILES string of the molecule is O=CC1CCC(CCO)C1. The largest absolute Gasteiger partial charge is 0.396 e. The van der Waals surface area contributed by atoms with Crippen molar-refractivity contribution >= 4 is 6.29 Å². The van der Waals surface area contributed by atoms with Crippen molar-refractivity contribution in [3.05, 3.63) is 0 Å². The first-order valence-electron chi connectivity index (χ1n) is 3.93. The van der Waals surface area contributed by atoms with Gasteiger partial charge in [-0.15, -0.1) is 0 Å². The van der Waals surface area contributed by atoms with Gasteiger partial charge in [0.05, 0.1) is 0 Å². The molecular weight excluding hydrogens is 128 g/mol. The fourth-order valence-electron chi connectivity index (χ4n) is 1.68. The molecule has 0 amide bonds. The molecule has 0 spiro atoms. The molecule has 58 valence electrons. The molecule has 2 unspecified atom stereocenters. The van der Waals surface area contributed by atoms with Crippen molar-refractivity contribution in [2.45, 2.75) is 25.7 Å². The predicted octanol–water partition coefficient (Wildman–Crippen LogP) is 0.984. The van der Waals surface area contributed by atoms with E-state index in [-0.39, 0.29) is 12.5 Å². The van der Waals surface area contributed by atoms with Crippen LogP contribution in [0.25, 0.3) is 0 Å². The van der Waals surface area contributed by atoms with Crippen LogP contribution in [-0.4, -0.2) is 18.0 Å². The standard InChI is InChI=1S/C8H14O2/c9-4-3-7-1-2-8(5-7)6-10/h6-9H,1-5H2. The zero-order valence-electron chi connectivity index (χ0n) is 6.12. The number of aliphatic hydroxyl groups is 1. The molecule has 0 aliphatic heterocycles. The van der Waals surface area contributed by atoms with E-state index >= 15 is 0 Å². The first-order valence-corrected chi connectivity index (χ1v) is 3.93. The summed E-state index contributed by atoms with van der Waals surface area (Å²) >= 11 is 0. The Hall–Kier alpha value is -0.370. The van der Waals surface area contributed by atoms with Crippen LogP contribution in [0.15, 0.2) is 0 Å². The van der Waals surface area contributed by atoms with Crippen molar-refractivity contribution in [3.63, 3.8) is 0 Å². The molecule has 0 saturated heterocycles. The number of carbonyl (C=O) groups excluding carboxylic acids is 1. The molecule has 0 aromatic rings. The highest BCUT2D eigenvalue weighted by atomic mass is 16.3. The highest BCUT2D eigenvalue weighted by molar-refractivity contribution is 5.53. The fraction of sp³-hybridized carbons (Fsp3) is 0.875. The van der Waals surface area contributed by atoms with Gasteiger partial charge in [-0.25, -0.2) is 0 Å². The van der Waals surface area contributed by atoms with E-state index < -0.39 is 0 Å². The summed E-state index contributed by atoms with van der Waals surface area (Å²) in [6.45, 7) is 0.274. The second-order valence-corrected chi connectivity index (χ2v) is 3.09. The summed E-state index contributed by atoms with van der Waals surface area (Å²) in [6, 6.07) is 0. The Morgan fingerprint density at radius 1 is 1.50 bits per heavy atom. The maximum absolute atomic E-state index is 10.3. The lowest BCUT2D eigenvalue weighted by molar-refractivity contribution is -0.111. The Labute approximate surface area is 61.2 Å². The minimum Gasteiger partial charge on any atom is -0.396 e. The van der Waals surface area contributed by atoms with Crippen LogP contribution in [0, 0.1) is 11.8 Å². The minimum atomic E-state index is 0.274. The number of carbonyl (C=O) groups is 1. The molecule has 0 aromatic carbocycles. The molecular formula is C8H14O2. The van der Waals surface area contributed by atoms with Crippen LogP contribution >= 0.6 is 0 Å². The molecule has 1 aliphatic carbocycles. The summed E-state index contributed by atoms with van der Waals surface area (Å²) in [6.07, 6.45) is 5.10. The molecule has 1 rings (SSSR count). The van der Waals surface area contributed by atoms with E-state index in [1.165, 1.54) is 0 Å². The molecule has 1 N–H and O–H groups in total. The number of aliphatic hydroxyl groups excluding tert-OH is 1. The Kier molecular flexibility index (Phi) is 2.87. The lowest BCUT2D eigenvalue weighted by atomic mass is 10.0. The quantitative estimate of drug-likeness (QED) is 0.596. The molecule has 0 aromatic heterocycles. The number of rotatable bonds is 3. The van der Waals surface area contributed by atoms with Gasteiger partial charge < -0.3 is 9.90 Å². The topological polar surface area (TPSA) is 37.3 Å². The van der Waals surface area contributed by atoms with E-state index in [4.69, 9.17) is 5.11 Å². The van der Waals surface area contributed by atoms with Crippen molar-refractivity contribution in [1.82, 2.24) is 0 Å². The summed E-state index contributed by atoms with van der Waals surface area (Å²) in [5.41, 5.74) is 0. The molecule has 2 heteroatoms. The van der Waals surface area contributed by atoms with Gasteiger partial charge in [0.1, 0.15) is 6.29 Å². The van der Waals surface area contributed by atoms with E-state index in [1.807, 2.05) is 0 Å². The molecule has 2 atom stereocenters. The lowest BCUT2D eigenvalue weighted by Crippen LogP contribution is -1.99. The van der Waals surface area contributed by atoms with Crippen LogP contribution in [0.3, 0.4) is 0 Å². The highest BCUT2D eigenvalue weighted by Crippen LogP contribution is 2.31. The third-order valence-corrected chi connectivity index (χ3v) is 2.31. The van der Waals surface area contributed by atoms with Gasteiger partial charge in [0, 0.05) is 12.5 Å². The first kappa shape index (κ1) is 7.73. The minimum absolute atomic E-state index is 0.274. The average molecular weight is 142 g/mol. The molecule has 1 saturated carbocycles. The van der Waals surface area contributed by atoms with E-state index in [1.54, 1.807) is 0 Å². The zero-order chi connectivity index (χ0) is 7.40. The molecule has 0 heterocycles. The molecule has 10 heavy (non-hydrogen) atoms. The van der Waals surface area contributed by atoms with Crippen LogP contribution in [-0.2, 0) is 4.79 Å². The predicted molar refractivity (Wildman–Crippen MR) is 38.6 cm³/mol. The number of hydrogen-bond donors (Lipinski definition) is 1. The van der Waals surface area contributed by atoms with Crippen molar-refractivity contribution in [2.75, 3.05) is 6.61 Å². The molecule has 2 nitrogen and oxygen atoms in total. The maximum atomic E-state index is 10.3. The lowest BCUT2D eigenvalue weighted by Gasteiger charge is -2.04. The van der Waals surface area contributed by atoms with Crippen LogP contribution in [0.2, 0.25) is 0 Å². The molecule has 1 aliphatic rings. The molecule has 0 radical (unpaired) electrons. The summed E-state index contributed by atoms with van der Waals surface area (Å²) in [4.78, 5) is 10.3. The summed E-state index contributed by atoms with van der Waals surface area (Å²) in [7, 11) is 0. The van der Waals surface area contributed by atoms with Crippen LogP contribution < -0.4 is 0 Å². The van der Waals surface area contributed by atoms with Gasteiger partial charge in [0.2, 0.25) is 0 Å². The Morgan fingerprint density at radius 2 is 2.30 bits per heavy atom. The van der Waals surface area contributed by atoms with Crippen molar-refractivity contribution < 1.29 is 9.90 Å². The number of aldehydes is 1. The van der Waals surface area contributed by atoms with Crippen molar-refractivity contribution in [1.29, 1.82) is 0 Å². The van der Waals surface area contributed by atoms with E-state index in [2.05, 4.69) is 0 Å². The van der Waals surface area contributed by atoms with Gasteiger partial charge in [-0.2, -0.15) is 0 Å². The summed E-state index contributed by atoms with van der Waals surface area (Å²) in [5, 5.41) is 8.60. The second kappa shape index (κ2) is 3.71. The van der Waals surface area contributed by atoms with Gasteiger partial charge >= 0.3 is 0 Å². The summed E-state index contributed by atoms with van der Waals surface area (Å²) in [5.74, 6) is 0.900. The Morgan fingerprint density at radius 3 is 2.80 bits per heavy atom. The van der Waals surface area contributed by atoms with Gasteiger partial charge in [0.15, 0.2) is 0 Å². The van der Waals surface area contributed by atoms with Crippen LogP contribution in [0.4, 0.5) is 0 Å². The van der Waals surface area contributed by atoms with Crippen LogP contribution in [0.5, 0.6) is 0 Å². The Balaban J connectivity index is 2.21. The zero-order valence-corrected chi connectivity index (χ0v) is 6.12. The fourth-order valence-corrected chi connectivity index (χ4v) is 1.68. The van der Waals surface area contributed by atoms with Gasteiger partial charge in [-0.3, -0.25) is 0 Å². The van der Waals surface area contributed by atoms with Crippen molar-refractivity contribution in [3.8, 4) is 0 Å². The second-order valence-electron chi connectivity index (χ2n) is 3.09. The third kappa shape index (κ3) is 1.81. The van der Waals surface area contributed by atoms with Crippen molar-refractivity contribution in [2.24, 2.45) is 11.8 Å². The van der Waals surface area contributed by atoms with E-state index in [0.29, 0.717) is 5.92 Å². The monoisotopic (exact) mass is 142 g/mol. The van der Waals surface area contributed by atoms with Gasteiger partial charge in [-0.05, 0) is 31.6 Å². The first-order chi connectivity index (χ1) is 4.86. The molecule has 0 bridgehead atoms. The van der Waals surface area contributed by atoms with E-state index in [9.17, 15) is 4.79 Å². The average Bonchev–Trinajstić information content (AvgIpc) is 2.37. The highest BCUT2D eigenvalue weighted by Gasteiger charge is 2.23. The number of hydrogen-bond acceptors (Lipinski definition) is 2. The summed E-state index contributed by atoms with van der Waals surface area (Å²) < 4.78 is 0. The smallest absolute Gasteiger partial charge is 0.123 e. The third-order valence-electron chi connectivity index (χ3n) is 2.31. The van der Waals surface area contributed by atoms with Gasteiger partial charge in [0.25, 0.3) is 0 Å². The Bertz CT molecular complexity index is 112. The van der Waals surface area contributed by atoms with Crippen LogP contribution in [0.1, 0.15) is 25.7 Å². The maximum Gasteiger partial charge on any atom is 0.123 e. The van der Waals surface area contributed by atoms with E-state index in [0.717, 1.165) is 32.0 Å².